The van der Waals surface area contributed by atoms with Crippen molar-refractivity contribution in [3.8, 4) is 0 Å². The molecule has 0 aliphatic heterocycles. The molecule has 2 aliphatic carbocycles. The topological polar surface area (TPSA) is 12.0 Å². The van der Waals surface area contributed by atoms with Crippen molar-refractivity contribution in [2.45, 2.75) is 50.5 Å². The van der Waals surface area contributed by atoms with Crippen molar-refractivity contribution in [2.24, 2.45) is 0 Å². The number of hydrogen-bond donors (Lipinski definition) is 1. The smallest absolute Gasteiger partial charge is 0.126 e. The molecule has 0 amide bonds. The summed E-state index contributed by atoms with van der Waals surface area (Å²) in [6.45, 7) is 1.08. The summed E-state index contributed by atoms with van der Waals surface area (Å²) in [4.78, 5) is 0. The van der Waals surface area contributed by atoms with Crippen molar-refractivity contribution >= 4 is 0 Å². The second kappa shape index (κ2) is 5.87. The average molecular weight is 259 g/mol. The van der Waals surface area contributed by atoms with Gasteiger partial charge in [-0.25, -0.2) is 4.39 Å². The van der Waals surface area contributed by atoms with Crippen LogP contribution in [0, 0.1) is 5.82 Å². The van der Waals surface area contributed by atoms with Crippen LogP contribution in [-0.2, 0) is 0 Å². The number of nitrogens with one attached hydrogen (secondary N) is 1. The number of halogens is 1. The molecule has 0 radical (unpaired) electrons. The maximum absolute atomic E-state index is 13.6. The molecule has 1 saturated carbocycles. The first-order valence-electron chi connectivity index (χ1n) is 7.48. The summed E-state index contributed by atoms with van der Waals surface area (Å²) in [5.41, 5.74) is 2.52. The SMILES string of the molecule is Fc1ccccc1C1CC(NCCC2=CCCC2)C1. The van der Waals surface area contributed by atoms with Crippen LogP contribution in [0.15, 0.2) is 35.9 Å². The van der Waals surface area contributed by atoms with Crippen LogP contribution in [0.2, 0.25) is 0 Å². The van der Waals surface area contributed by atoms with E-state index in [4.69, 9.17) is 0 Å². The lowest BCUT2D eigenvalue weighted by Crippen LogP contribution is -2.40. The summed E-state index contributed by atoms with van der Waals surface area (Å²) in [5, 5.41) is 3.60. The first kappa shape index (κ1) is 12.9. The minimum atomic E-state index is -0.0398. The van der Waals surface area contributed by atoms with E-state index >= 15 is 0 Å². The van der Waals surface area contributed by atoms with Gasteiger partial charge < -0.3 is 5.32 Å². The predicted octanol–water partition coefficient (Wildman–Crippen LogP) is 4.16. The summed E-state index contributed by atoms with van der Waals surface area (Å²) in [6, 6.07) is 7.79. The lowest BCUT2D eigenvalue weighted by molar-refractivity contribution is 0.287. The Kier molecular flexibility index (Phi) is 3.97. The summed E-state index contributed by atoms with van der Waals surface area (Å²) < 4.78 is 13.6. The third-order valence-electron chi connectivity index (χ3n) is 4.50. The summed E-state index contributed by atoms with van der Waals surface area (Å²) >= 11 is 0. The maximum Gasteiger partial charge on any atom is 0.126 e. The molecule has 0 atom stereocenters. The van der Waals surface area contributed by atoms with Crippen molar-refractivity contribution in [1.82, 2.24) is 5.32 Å². The highest BCUT2D eigenvalue weighted by Crippen LogP contribution is 2.38. The number of rotatable bonds is 5. The fraction of sp³-hybridized carbons (Fsp3) is 0.529. The molecule has 0 unspecified atom stereocenters. The van der Waals surface area contributed by atoms with Crippen LogP contribution >= 0.6 is 0 Å². The van der Waals surface area contributed by atoms with Gasteiger partial charge in [-0.1, -0.05) is 29.8 Å². The van der Waals surface area contributed by atoms with Crippen LogP contribution in [0.25, 0.3) is 0 Å². The molecule has 0 aromatic heterocycles. The number of benzene rings is 1. The van der Waals surface area contributed by atoms with Crippen LogP contribution in [0.5, 0.6) is 0 Å². The molecule has 1 aromatic rings. The molecule has 1 N–H and O–H groups in total. The van der Waals surface area contributed by atoms with Crippen LogP contribution in [0.3, 0.4) is 0 Å². The molecule has 2 aliphatic rings. The average Bonchev–Trinajstić information content (AvgIpc) is 2.87. The Bertz CT molecular complexity index is 460. The van der Waals surface area contributed by atoms with Crippen molar-refractivity contribution in [3.63, 3.8) is 0 Å². The van der Waals surface area contributed by atoms with Crippen LogP contribution in [0.1, 0.15) is 50.0 Å². The minimum absolute atomic E-state index is 0.0398. The highest BCUT2D eigenvalue weighted by atomic mass is 19.1. The molecule has 0 spiro atoms. The van der Waals surface area contributed by atoms with Gasteiger partial charge in [0.2, 0.25) is 0 Å². The van der Waals surface area contributed by atoms with E-state index in [2.05, 4.69) is 11.4 Å². The van der Waals surface area contributed by atoms with E-state index in [0.717, 1.165) is 24.9 Å². The van der Waals surface area contributed by atoms with Gasteiger partial charge in [0.1, 0.15) is 5.82 Å². The molecule has 102 valence electrons. The molecule has 2 heteroatoms. The number of allylic oxidation sites excluding steroid dienone is 1. The maximum atomic E-state index is 13.6. The highest BCUT2D eigenvalue weighted by Gasteiger charge is 2.31. The molecule has 0 saturated heterocycles. The van der Waals surface area contributed by atoms with Gasteiger partial charge in [-0.15, -0.1) is 0 Å². The van der Waals surface area contributed by atoms with Gasteiger partial charge in [0, 0.05) is 6.04 Å². The van der Waals surface area contributed by atoms with Gasteiger partial charge in [0.15, 0.2) is 0 Å². The fourth-order valence-electron chi connectivity index (χ4n) is 3.25. The molecular weight excluding hydrogens is 237 g/mol. The molecule has 0 bridgehead atoms. The Labute approximate surface area is 114 Å². The standard InChI is InChI=1S/C17H22FN/c18-17-8-4-3-7-16(17)14-11-15(12-14)19-10-9-13-5-1-2-6-13/h3-5,7-8,14-15,19H,1-2,6,9-12H2. The van der Waals surface area contributed by atoms with E-state index in [1.54, 1.807) is 17.7 Å². The molecule has 3 rings (SSSR count). The third kappa shape index (κ3) is 3.06. The van der Waals surface area contributed by atoms with Crippen molar-refractivity contribution < 1.29 is 4.39 Å². The van der Waals surface area contributed by atoms with Crippen molar-refractivity contribution in [3.05, 3.63) is 47.3 Å². The first-order valence-corrected chi connectivity index (χ1v) is 7.48. The van der Waals surface area contributed by atoms with E-state index < -0.39 is 0 Å². The Morgan fingerprint density at radius 3 is 2.79 bits per heavy atom. The normalized spacial score (nSPS) is 26.1. The molecular formula is C17H22FN. The Balaban J connectivity index is 1.39. The Morgan fingerprint density at radius 1 is 1.21 bits per heavy atom. The monoisotopic (exact) mass is 259 g/mol. The van der Waals surface area contributed by atoms with Crippen molar-refractivity contribution in [1.29, 1.82) is 0 Å². The molecule has 0 heterocycles. The van der Waals surface area contributed by atoms with Crippen LogP contribution in [0.4, 0.5) is 4.39 Å². The minimum Gasteiger partial charge on any atom is -0.314 e. The fourth-order valence-corrected chi connectivity index (χ4v) is 3.25. The third-order valence-corrected chi connectivity index (χ3v) is 4.50. The van der Waals surface area contributed by atoms with Gasteiger partial charge in [-0.2, -0.15) is 0 Å². The van der Waals surface area contributed by atoms with Crippen LogP contribution in [-0.4, -0.2) is 12.6 Å². The van der Waals surface area contributed by atoms with Gasteiger partial charge in [-0.05, 0) is 62.6 Å². The van der Waals surface area contributed by atoms with E-state index in [1.807, 2.05) is 12.1 Å². The summed E-state index contributed by atoms with van der Waals surface area (Å²) in [7, 11) is 0. The molecule has 19 heavy (non-hydrogen) atoms. The lowest BCUT2D eigenvalue weighted by atomic mass is 9.75. The van der Waals surface area contributed by atoms with E-state index in [9.17, 15) is 4.39 Å². The summed E-state index contributed by atoms with van der Waals surface area (Å²) in [5.74, 6) is 0.381. The second-order valence-corrected chi connectivity index (χ2v) is 5.85. The lowest BCUT2D eigenvalue weighted by Gasteiger charge is -2.36. The highest BCUT2D eigenvalue weighted by molar-refractivity contribution is 5.24. The van der Waals surface area contributed by atoms with Gasteiger partial charge in [0.05, 0.1) is 0 Å². The zero-order chi connectivity index (χ0) is 13.1. The predicted molar refractivity (Wildman–Crippen MR) is 76.7 cm³/mol. The largest absolute Gasteiger partial charge is 0.314 e. The van der Waals surface area contributed by atoms with Gasteiger partial charge >= 0.3 is 0 Å². The van der Waals surface area contributed by atoms with Crippen LogP contribution < -0.4 is 5.32 Å². The van der Waals surface area contributed by atoms with Gasteiger partial charge in [0.25, 0.3) is 0 Å². The van der Waals surface area contributed by atoms with E-state index in [1.165, 1.54) is 25.7 Å². The Hall–Kier alpha value is -1.15. The molecule has 1 nitrogen and oxygen atoms in total. The van der Waals surface area contributed by atoms with E-state index in [0.29, 0.717) is 12.0 Å². The Morgan fingerprint density at radius 2 is 2.05 bits per heavy atom. The van der Waals surface area contributed by atoms with E-state index in [-0.39, 0.29) is 5.82 Å². The zero-order valence-corrected chi connectivity index (χ0v) is 11.4. The number of hydrogen-bond acceptors (Lipinski definition) is 1. The zero-order valence-electron chi connectivity index (χ0n) is 11.4. The molecule has 1 fully saturated rings. The molecule has 1 aromatic carbocycles. The van der Waals surface area contributed by atoms with Crippen molar-refractivity contribution in [2.75, 3.05) is 6.54 Å². The summed E-state index contributed by atoms with van der Waals surface area (Å²) in [6.07, 6.45) is 9.66. The quantitative estimate of drug-likeness (QED) is 0.783. The second-order valence-electron chi connectivity index (χ2n) is 5.85. The van der Waals surface area contributed by atoms with Gasteiger partial charge in [-0.3, -0.25) is 0 Å². The first-order chi connectivity index (χ1) is 9.33.